The summed E-state index contributed by atoms with van der Waals surface area (Å²) in [5, 5.41) is 0. The van der Waals surface area contributed by atoms with Gasteiger partial charge in [-0.3, -0.25) is 9.69 Å². The van der Waals surface area contributed by atoms with Gasteiger partial charge in [0.15, 0.2) is 0 Å². The van der Waals surface area contributed by atoms with Gasteiger partial charge in [-0.15, -0.1) is 0 Å². The highest BCUT2D eigenvalue weighted by molar-refractivity contribution is 5.92. The van der Waals surface area contributed by atoms with Gasteiger partial charge in [0, 0.05) is 24.8 Å². The maximum Gasteiger partial charge on any atom is 0.272 e. The molecule has 1 amide bonds. The first-order chi connectivity index (χ1) is 12.6. The molecule has 26 heavy (non-hydrogen) atoms. The number of hydrogen-bond donors (Lipinski definition) is 0. The van der Waals surface area contributed by atoms with Crippen LogP contribution in [0.25, 0.3) is 0 Å². The fourth-order valence-corrected chi connectivity index (χ4v) is 4.74. The highest BCUT2D eigenvalue weighted by atomic mass is 16.3. The number of aromatic nitrogens is 1. The Hall–Kier alpha value is -2.14. The quantitative estimate of drug-likeness (QED) is 0.846. The van der Waals surface area contributed by atoms with E-state index in [1.165, 1.54) is 19.3 Å². The van der Waals surface area contributed by atoms with Crippen molar-refractivity contribution in [2.45, 2.75) is 38.8 Å². The molecule has 3 unspecified atom stereocenters. The zero-order chi connectivity index (χ0) is 18.1. The number of pyridine rings is 1. The zero-order valence-electron chi connectivity index (χ0n) is 15.6. The third-order valence-corrected chi connectivity index (χ3v) is 6.01. The van der Waals surface area contributed by atoms with E-state index in [-0.39, 0.29) is 5.91 Å². The SMILES string of the molecule is Cc1cccc(C(=O)N2CC3CCCC(N(C)Cc4ccco4)C3C2)n1. The minimum atomic E-state index is 0.0792. The minimum absolute atomic E-state index is 0.0792. The Bertz CT molecular complexity index is 758. The molecule has 138 valence electrons. The first kappa shape index (κ1) is 17.3. The van der Waals surface area contributed by atoms with Gasteiger partial charge in [0.1, 0.15) is 11.5 Å². The number of fused-ring (bicyclic) bond motifs is 1. The second-order valence-corrected chi connectivity index (χ2v) is 7.79. The molecule has 0 bridgehead atoms. The largest absolute Gasteiger partial charge is 0.468 e. The molecule has 0 N–H and O–H groups in total. The number of aryl methyl sites for hydroxylation is 1. The van der Waals surface area contributed by atoms with E-state index in [1.54, 1.807) is 6.26 Å². The molecule has 2 aromatic rings. The third kappa shape index (κ3) is 3.40. The molecule has 3 atom stereocenters. The third-order valence-electron chi connectivity index (χ3n) is 6.01. The van der Waals surface area contributed by atoms with Gasteiger partial charge < -0.3 is 9.32 Å². The number of likely N-dealkylation sites (tertiary alicyclic amines) is 1. The van der Waals surface area contributed by atoms with E-state index in [0.29, 0.717) is 23.6 Å². The van der Waals surface area contributed by atoms with E-state index in [0.717, 1.165) is 31.1 Å². The minimum Gasteiger partial charge on any atom is -0.468 e. The molecule has 2 fully saturated rings. The van der Waals surface area contributed by atoms with E-state index in [9.17, 15) is 4.79 Å². The normalized spacial score (nSPS) is 25.5. The summed E-state index contributed by atoms with van der Waals surface area (Å²) in [6, 6.07) is 10.2. The van der Waals surface area contributed by atoms with Crippen molar-refractivity contribution in [3.8, 4) is 0 Å². The Morgan fingerprint density at radius 1 is 1.27 bits per heavy atom. The molecule has 1 saturated heterocycles. The van der Waals surface area contributed by atoms with Crippen LogP contribution >= 0.6 is 0 Å². The Morgan fingerprint density at radius 3 is 2.92 bits per heavy atom. The molecular weight excluding hydrogens is 326 g/mol. The van der Waals surface area contributed by atoms with Crippen LogP contribution in [0.2, 0.25) is 0 Å². The lowest BCUT2D eigenvalue weighted by molar-refractivity contribution is 0.0761. The number of furan rings is 1. The van der Waals surface area contributed by atoms with Gasteiger partial charge in [0.2, 0.25) is 0 Å². The van der Waals surface area contributed by atoms with Gasteiger partial charge in [0.05, 0.1) is 12.8 Å². The van der Waals surface area contributed by atoms with Gasteiger partial charge in [-0.05, 0) is 62.9 Å². The van der Waals surface area contributed by atoms with Crippen LogP contribution in [0.15, 0.2) is 41.0 Å². The molecule has 0 spiro atoms. The topological polar surface area (TPSA) is 49.6 Å². The number of hydrogen-bond acceptors (Lipinski definition) is 4. The van der Waals surface area contributed by atoms with Crippen molar-refractivity contribution < 1.29 is 9.21 Å². The second-order valence-electron chi connectivity index (χ2n) is 7.79. The molecule has 4 rings (SSSR count). The lowest BCUT2D eigenvalue weighted by atomic mass is 9.77. The van der Waals surface area contributed by atoms with Crippen molar-refractivity contribution in [3.63, 3.8) is 0 Å². The number of carbonyl (C=O) groups is 1. The first-order valence-corrected chi connectivity index (χ1v) is 9.57. The summed E-state index contributed by atoms with van der Waals surface area (Å²) in [6.07, 6.45) is 5.39. The summed E-state index contributed by atoms with van der Waals surface area (Å²) in [6.45, 7) is 4.46. The Morgan fingerprint density at radius 2 is 2.15 bits per heavy atom. The van der Waals surface area contributed by atoms with Crippen molar-refractivity contribution in [2.24, 2.45) is 11.8 Å². The predicted molar refractivity (Wildman–Crippen MR) is 99.7 cm³/mol. The maximum absolute atomic E-state index is 12.9. The van der Waals surface area contributed by atoms with Crippen LogP contribution in [0.3, 0.4) is 0 Å². The van der Waals surface area contributed by atoms with Crippen molar-refractivity contribution in [1.82, 2.24) is 14.8 Å². The van der Waals surface area contributed by atoms with Crippen LogP contribution in [-0.4, -0.2) is 46.9 Å². The molecule has 0 aromatic carbocycles. The molecule has 1 saturated carbocycles. The molecular formula is C21H27N3O2. The van der Waals surface area contributed by atoms with Crippen LogP contribution in [0.1, 0.15) is 41.2 Å². The van der Waals surface area contributed by atoms with E-state index in [1.807, 2.05) is 42.2 Å². The van der Waals surface area contributed by atoms with Crippen LogP contribution in [0, 0.1) is 18.8 Å². The van der Waals surface area contributed by atoms with Gasteiger partial charge in [-0.1, -0.05) is 12.5 Å². The summed E-state index contributed by atoms with van der Waals surface area (Å²) in [7, 11) is 2.18. The van der Waals surface area contributed by atoms with E-state index < -0.39 is 0 Å². The summed E-state index contributed by atoms with van der Waals surface area (Å²) in [5.41, 5.74) is 1.47. The predicted octanol–water partition coefficient (Wildman–Crippen LogP) is 3.36. The van der Waals surface area contributed by atoms with Crippen LogP contribution in [0.5, 0.6) is 0 Å². The molecule has 5 heteroatoms. The summed E-state index contributed by atoms with van der Waals surface area (Å²) < 4.78 is 5.52. The van der Waals surface area contributed by atoms with Gasteiger partial charge >= 0.3 is 0 Å². The monoisotopic (exact) mass is 353 g/mol. The second kappa shape index (κ2) is 7.23. The van der Waals surface area contributed by atoms with E-state index in [2.05, 4.69) is 16.9 Å². The highest BCUT2D eigenvalue weighted by Gasteiger charge is 2.43. The fourth-order valence-electron chi connectivity index (χ4n) is 4.74. The Labute approximate surface area is 155 Å². The average Bonchev–Trinajstić information content (AvgIpc) is 3.29. The molecule has 1 aliphatic carbocycles. The number of amides is 1. The molecule has 2 aromatic heterocycles. The van der Waals surface area contributed by atoms with E-state index >= 15 is 0 Å². The molecule has 1 aliphatic heterocycles. The summed E-state index contributed by atoms with van der Waals surface area (Å²) in [4.78, 5) is 21.8. The number of nitrogens with zero attached hydrogens (tertiary/aromatic N) is 3. The lowest BCUT2D eigenvalue weighted by Crippen LogP contribution is -2.43. The van der Waals surface area contributed by atoms with E-state index in [4.69, 9.17) is 4.42 Å². The van der Waals surface area contributed by atoms with Gasteiger partial charge in [-0.25, -0.2) is 4.98 Å². The van der Waals surface area contributed by atoms with Crippen molar-refractivity contribution >= 4 is 5.91 Å². The molecule has 3 heterocycles. The number of rotatable bonds is 4. The smallest absolute Gasteiger partial charge is 0.272 e. The maximum atomic E-state index is 12.9. The van der Waals surface area contributed by atoms with Crippen molar-refractivity contribution in [1.29, 1.82) is 0 Å². The Balaban J connectivity index is 1.46. The van der Waals surface area contributed by atoms with Crippen LogP contribution in [-0.2, 0) is 6.54 Å². The van der Waals surface area contributed by atoms with Gasteiger partial charge in [-0.2, -0.15) is 0 Å². The molecule has 2 aliphatic rings. The molecule has 0 radical (unpaired) electrons. The zero-order valence-corrected chi connectivity index (χ0v) is 15.6. The number of carbonyl (C=O) groups excluding carboxylic acids is 1. The van der Waals surface area contributed by atoms with Gasteiger partial charge in [0.25, 0.3) is 5.91 Å². The van der Waals surface area contributed by atoms with Crippen LogP contribution < -0.4 is 0 Å². The Kier molecular flexibility index (Phi) is 4.81. The van der Waals surface area contributed by atoms with Crippen molar-refractivity contribution in [2.75, 3.05) is 20.1 Å². The first-order valence-electron chi connectivity index (χ1n) is 9.57. The average molecular weight is 353 g/mol. The highest BCUT2D eigenvalue weighted by Crippen LogP contribution is 2.39. The van der Waals surface area contributed by atoms with Crippen molar-refractivity contribution in [3.05, 3.63) is 53.7 Å². The lowest BCUT2D eigenvalue weighted by Gasteiger charge is -2.38. The van der Waals surface area contributed by atoms with Crippen LogP contribution in [0.4, 0.5) is 0 Å². The molecule has 5 nitrogen and oxygen atoms in total. The standard InChI is InChI=1S/C21H27N3O2/c1-15-6-3-9-19(22-15)21(25)24-12-16-7-4-10-20(18(16)14-24)23(2)13-17-8-5-11-26-17/h3,5-6,8-9,11,16,18,20H,4,7,10,12-14H2,1-2H3. The fraction of sp³-hybridized carbons (Fsp3) is 0.524. The summed E-state index contributed by atoms with van der Waals surface area (Å²) in [5.74, 6) is 2.22. The summed E-state index contributed by atoms with van der Waals surface area (Å²) >= 11 is 0.